The van der Waals surface area contributed by atoms with E-state index in [-0.39, 0.29) is 11.8 Å². The van der Waals surface area contributed by atoms with Crippen LogP contribution in [0.15, 0.2) is 24.3 Å². The molecule has 0 saturated heterocycles. The minimum Gasteiger partial charge on any atom is -0.392 e. The number of unbranched alkanes of at least 4 members (excludes halogenated alkanes) is 1. The number of hydrogen-bond acceptors (Lipinski definition) is 2. The lowest BCUT2D eigenvalue weighted by Crippen LogP contribution is -2.32. The number of aryl methyl sites for hydroxylation is 1. The van der Waals surface area contributed by atoms with Crippen LogP contribution in [0.2, 0.25) is 0 Å². The van der Waals surface area contributed by atoms with Crippen molar-refractivity contribution in [1.82, 2.24) is 0 Å². The third-order valence-corrected chi connectivity index (χ3v) is 3.38. The molecule has 106 valence electrons. The zero-order valence-electron chi connectivity index (χ0n) is 12.1. The maximum Gasteiger partial charge on any atom is 0.230 e. The van der Waals surface area contributed by atoms with Gasteiger partial charge in [0.1, 0.15) is 0 Å². The molecule has 19 heavy (non-hydrogen) atoms. The highest BCUT2D eigenvalue weighted by atomic mass is 16.3. The van der Waals surface area contributed by atoms with Gasteiger partial charge in [-0.3, -0.25) is 4.79 Å². The maximum atomic E-state index is 12.2. The summed E-state index contributed by atoms with van der Waals surface area (Å²) in [4.78, 5) is 12.2. The van der Waals surface area contributed by atoms with Gasteiger partial charge in [0.15, 0.2) is 0 Å². The summed E-state index contributed by atoms with van der Waals surface area (Å²) in [6, 6.07) is 7.71. The van der Waals surface area contributed by atoms with Gasteiger partial charge in [-0.05, 0) is 37.5 Å². The molecule has 3 heteroatoms. The van der Waals surface area contributed by atoms with Crippen LogP contribution in [0.3, 0.4) is 0 Å². The van der Waals surface area contributed by atoms with Gasteiger partial charge in [0, 0.05) is 5.69 Å². The van der Waals surface area contributed by atoms with E-state index in [1.165, 1.54) is 0 Å². The normalized spacial score (nSPS) is 13.9. The quantitative estimate of drug-likeness (QED) is 0.791. The van der Waals surface area contributed by atoms with E-state index < -0.39 is 6.10 Å². The van der Waals surface area contributed by atoms with Gasteiger partial charge >= 0.3 is 0 Å². The second-order valence-electron chi connectivity index (χ2n) is 5.08. The van der Waals surface area contributed by atoms with Crippen LogP contribution in [-0.4, -0.2) is 17.1 Å². The van der Waals surface area contributed by atoms with E-state index in [1.54, 1.807) is 0 Å². The first-order valence-electron chi connectivity index (χ1n) is 7.14. The highest BCUT2D eigenvalue weighted by Gasteiger charge is 2.24. The van der Waals surface area contributed by atoms with Crippen molar-refractivity contribution >= 4 is 11.6 Å². The van der Waals surface area contributed by atoms with Crippen molar-refractivity contribution < 1.29 is 9.90 Å². The van der Waals surface area contributed by atoms with Crippen LogP contribution in [0.25, 0.3) is 0 Å². The molecule has 0 aliphatic rings. The van der Waals surface area contributed by atoms with E-state index in [9.17, 15) is 9.90 Å². The largest absolute Gasteiger partial charge is 0.392 e. The van der Waals surface area contributed by atoms with Crippen LogP contribution in [-0.2, 0) is 4.79 Å². The Balaban J connectivity index is 2.63. The number of aliphatic hydroxyl groups excluding tert-OH is 1. The second kappa shape index (κ2) is 7.95. The molecule has 2 atom stereocenters. The van der Waals surface area contributed by atoms with Crippen molar-refractivity contribution in [2.24, 2.45) is 5.92 Å². The molecule has 0 aromatic heterocycles. The van der Waals surface area contributed by atoms with E-state index in [4.69, 9.17) is 0 Å². The van der Waals surface area contributed by atoms with Crippen molar-refractivity contribution in [1.29, 1.82) is 0 Å². The topological polar surface area (TPSA) is 49.3 Å². The fraction of sp³-hybridized carbons (Fsp3) is 0.562. The number of carbonyl (C=O) groups excluding carboxylic acids is 1. The van der Waals surface area contributed by atoms with Gasteiger partial charge < -0.3 is 10.4 Å². The number of rotatable bonds is 7. The molecule has 0 unspecified atom stereocenters. The fourth-order valence-electron chi connectivity index (χ4n) is 2.20. The number of anilines is 1. The summed E-state index contributed by atoms with van der Waals surface area (Å²) >= 11 is 0. The van der Waals surface area contributed by atoms with Gasteiger partial charge in [-0.15, -0.1) is 0 Å². The Morgan fingerprint density at radius 2 is 2.11 bits per heavy atom. The number of aliphatic hydroxyl groups is 1. The monoisotopic (exact) mass is 263 g/mol. The Labute approximate surface area is 116 Å². The van der Waals surface area contributed by atoms with Crippen LogP contribution in [0, 0.1) is 12.8 Å². The summed E-state index contributed by atoms with van der Waals surface area (Å²) in [7, 11) is 0. The number of amides is 1. The standard InChI is InChI=1S/C16H25NO2/c1-4-6-10-15(18)14(5-2)16(19)17-13-9-7-8-12(3)11-13/h7-9,11,14-15,18H,4-6,10H2,1-3H3,(H,17,19)/t14-,15-/m0/s1. The third kappa shape index (κ3) is 5.03. The van der Waals surface area contributed by atoms with E-state index in [0.717, 1.165) is 24.1 Å². The van der Waals surface area contributed by atoms with E-state index >= 15 is 0 Å². The van der Waals surface area contributed by atoms with Gasteiger partial charge in [0.05, 0.1) is 12.0 Å². The third-order valence-electron chi connectivity index (χ3n) is 3.38. The second-order valence-corrected chi connectivity index (χ2v) is 5.08. The van der Waals surface area contributed by atoms with E-state index in [1.807, 2.05) is 38.1 Å². The predicted octanol–water partition coefficient (Wildman–Crippen LogP) is 3.51. The van der Waals surface area contributed by atoms with Crippen molar-refractivity contribution in [3.8, 4) is 0 Å². The minimum absolute atomic E-state index is 0.0864. The molecule has 0 spiro atoms. The molecule has 0 radical (unpaired) electrons. The van der Waals surface area contributed by atoms with Crippen molar-refractivity contribution in [2.75, 3.05) is 5.32 Å². The zero-order valence-corrected chi connectivity index (χ0v) is 12.1. The van der Waals surface area contributed by atoms with Crippen molar-refractivity contribution in [3.63, 3.8) is 0 Å². The van der Waals surface area contributed by atoms with Crippen LogP contribution in [0.5, 0.6) is 0 Å². The van der Waals surface area contributed by atoms with Gasteiger partial charge in [-0.25, -0.2) is 0 Å². The summed E-state index contributed by atoms with van der Waals surface area (Å²) in [6.07, 6.45) is 2.79. The number of nitrogens with one attached hydrogen (secondary N) is 1. The summed E-state index contributed by atoms with van der Waals surface area (Å²) in [6.45, 7) is 6.01. The van der Waals surface area contributed by atoms with Crippen LogP contribution in [0.4, 0.5) is 5.69 Å². The molecule has 1 aromatic carbocycles. The lowest BCUT2D eigenvalue weighted by molar-refractivity contribution is -0.123. The van der Waals surface area contributed by atoms with Crippen LogP contribution < -0.4 is 5.32 Å². The van der Waals surface area contributed by atoms with Crippen molar-refractivity contribution in [3.05, 3.63) is 29.8 Å². The Bertz CT molecular complexity index is 403. The Kier molecular flexibility index (Phi) is 6.57. The SMILES string of the molecule is CCCC[C@H](O)[C@H](CC)C(=O)Nc1cccc(C)c1. The lowest BCUT2D eigenvalue weighted by Gasteiger charge is -2.21. The van der Waals surface area contributed by atoms with E-state index in [2.05, 4.69) is 12.2 Å². The van der Waals surface area contributed by atoms with Gasteiger partial charge in [-0.2, -0.15) is 0 Å². The maximum absolute atomic E-state index is 12.2. The molecule has 0 fully saturated rings. The van der Waals surface area contributed by atoms with Gasteiger partial charge in [-0.1, -0.05) is 38.8 Å². The van der Waals surface area contributed by atoms with Crippen molar-refractivity contribution in [2.45, 2.75) is 52.6 Å². The van der Waals surface area contributed by atoms with Gasteiger partial charge in [0.2, 0.25) is 5.91 Å². The lowest BCUT2D eigenvalue weighted by atomic mass is 9.94. The average molecular weight is 263 g/mol. The first-order valence-corrected chi connectivity index (χ1v) is 7.14. The first-order chi connectivity index (χ1) is 9.08. The van der Waals surface area contributed by atoms with Crippen LogP contribution in [0.1, 0.15) is 45.1 Å². The van der Waals surface area contributed by atoms with Crippen LogP contribution >= 0.6 is 0 Å². The summed E-state index contributed by atoms with van der Waals surface area (Å²) < 4.78 is 0. The summed E-state index contributed by atoms with van der Waals surface area (Å²) in [5.41, 5.74) is 1.91. The molecule has 1 amide bonds. The minimum atomic E-state index is -0.547. The molecule has 0 bridgehead atoms. The molecule has 2 N–H and O–H groups in total. The molecule has 0 aliphatic heterocycles. The highest BCUT2D eigenvalue weighted by molar-refractivity contribution is 5.92. The number of carbonyl (C=O) groups is 1. The molecule has 0 aliphatic carbocycles. The Morgan fingerprint density at radius 1 is 1.37 bits per heavy atom. The van der Waals surface area contributed by atoms with E-state index in [0.29, 0.717) is 12.8 Å². The zero-order chi connectivity index (χ0) is 14.3. The molecule has 1 aromatic rings. The molecule has 0 saturated carbocycles. The summed E-state index contributed by atoms with van der Waals surface area (Å²) in [5.74, 6) is -0.413. The summed E-state index contributed by atoms with van der Waals surface area (Å²) in [5, 5.41) is 13.0. The highest BCUT2D eigenvalue weighted by Crippen LogP contribution is 2.18. The Hall–Kier alpha value is -1.35. The number of hydrogen-bond donors (Lipinski definition) is 2. The molecule has 3 nitrogen and oxygen atoms in total. The fourth-order valence-corrected chi connectivity index (χ4v) is 2.20. The first kappa shape index (κ1) is 15.7. The van der Waals surface area contributed by atoms with Gasteiger partial charge in [0.25, 0.3) is 0 Å². The molecular formula is C16H25NO2. The Morgan fingerprint density at radius 3 is 2.68 bits per heavy atom. The smallest absolute Gasteiger partial charge is 0.230 e. The molecule has 1 rings (SSSR count). The number of benzene rings is 1. The predicted molar refractivity (Wildman–Crippen MR) is 79.1 cm³/mol. The molecular weight excluding hydrogens is 238 g/mol. The average Bonchev–Trinajstić information content (AvgIpc) is 2.37. The molecule has 0 heterocycles.